The summed E-state index contributed by atoms with van der Waals surface area (Å²) in [5.74, 6) is 1.18. The van der Waals surface area contributed by atoms with Crippen molar-refractivity contribution in [2.45, 2.75) is 19.4 Å². The van der Waals surface area contributed by atoms with E-state index >= 15 is 0 Å². The zero-order valence-corrected chi connectivity index (χ0v) is 28.2. The Morgan fingerprint density at radius 2 is 1.54 bits per heavy atom. The average Bonchev–Trinajstić information content (AvgIpc) is 3.64. The summed E-state index contributed by atoms with van der Waals surface area (Å²) in [6, 6.07) is 38.2. The summed E-state index contributed by atoms with van der Waals surface area (Å²) in [6.07, 6.45) is 5.86. The first-order chi connectivity index (χ1) is 21.9. The molecule has 0 saturated carbocycles. The zero-order valence-electron chi connectivity index (χ0n) is 26.0. The fourth-order valence-corrected chi connectivity index (χ4v) is 6.21. The number of rotatable bonds is 5. The largest absolute Gasteiger partial charge is 4.00 e. The van der Waals surface area contributed by atoms with Crippen molar-refractivity contribution < 1.29 is 25.8 Å². The van der Waals surface area contributed by atoms with E-state index in [1.807, 2.05) is 66.4 Å². The van der Waals surface area contributed by atoms with Gasteiger partial charge in [-0.15, -0.1) is 42.1 Å². The van der Waals surface area contributed by atoms with Crippen molar-refractivity contribution in [3.63, 3.8) is 0 Å². The van der Waals surface area contributed by atoms with Gasteiger partial charge in [-0.3, -0.25) is 0 Å². The van der Waals surface area contributed by atoms with Crippen LogP contribution in [0.2, 0.25) is 0 Å². The summed E-state index contributed by atoms with van der Waals surface area (Å²) in [4.78, 5) is 13.2. The number of pyridine rings is 1. The van der Waals surface area contributed by atoms with Crippen molar-refractivity contribution >= 4 is 39.0 Å². The van der Waals surface area contributed by atoms with Gasteiger partial charge in [0.15, 0.2) is 0 Å². The van der Waals surface area contributed by atoms with E-state index in [-0.39, 0.29) is 26.6 Å². The average molecular weight is 784 g/mol. The Morgan fingerprint density at radius 1 is 0.761 bits per heavy atom. The Bertz CT molecular complexity index is 2050. The molecule has 0 atom stereocenters. The van der Waals surface area contributed by atoms with Crippen molar-refractivity contribution in [1.29, 1.82) is 0 Å². The van der Waals surface area contributed by atoms with Crippen LogP contribution in [0, 0.1) is 25.5 Å². The topological polar surface area (TPSA) is 40.0 Å². The fraction of sp³-hybridized carbons (Fsp3) is 0.132. The zero-order chi connectivity index (χ0) is 30.7. The predicted molar refractivity (Wildman–Crippen MR) is 180 cm³/mol. The molecule has 6 aromatic rings. The maximum Gasteiger partial charge on any atom is 4.00 e. The first-order valence-corrected chi connectivity index (χ1v) is 15.0. The number of fused-ring (bicyclic) bond motifs is 4. The van der Waals surface area contributed by atoms with Crippen LogP contribution in [0.5, 0.6) is 11.5 Å². The van der Waals surface area contributed by atoms with Gasteiger partial charge in [0.25, 0.3) is 0 Å². The molecule has 0 bridgehead atoms. The number of hydrogen-bond donors (Lipinski definition) is 0. The van der Waals surface area contributed by atoms with Gasteiger partial charge in [0, 0.05) is 39.7 Å². The van der Waals surface area contributed by atoms with Gasteiger partial charge in [-0.1, -0.05) is 47.8 Å². The molecule has 4 heterocycles. The minimum Gasteiger partial charge on any atom is -0.510 e. The van der Waals surface area contributed by atoms with Gasteiger partial charge < -0.3 is 28.9 Å². The Balaban J connectivity index is 0.00000338. The van der Waals surface area contributed by atoms with Crippen LogP contribution in [0.3, 0.4) is 0 Å². The van der Waals surface area contributed by atoms with Gasteiger partial charge in [-0.25, -0.2) is 4.98 Å². The van der Waals surface area contributed by atoms with Crippen molar-refractivity contribution in [2.24, 2.45) is 0 Å². The van der Waals surface area contributed by atoms with Crippen LogP contribution >= 0.6 is 0 Å². The first kappa shape index (κ1) is 30.1. The van der Waals surface area contributed by atoms with Crippen molar-refractivity contribution in [3.8, 4) is 17.2 Å². The molecule has 4 aromatic carbocycles. The molecule has 0 aliphatic carbocycles. The summed E-state index contributed by atoms with van der Waals surface area (Å²) in [7, 11) is 4.11. The van der Waals surface area contributed by atoms with Gasteiger partial charge >= 0.3 is 21.1 Å². The van der Waals surface area contributed by atoms with Gasteiger partial charge in [-0.2, -0.15) is 19.4 Å². The second-order valence-electron chi connectivity index (χ2n) is 12.0. The number of para-hydroxylation sites is 2. The number of anilines is 3. The normalized spacial score (nSPS) is 15.8. The molecule has 0 spiro atoms. The quantitative estimate of drug-likeness (QED) is 0.164. The molecule has 7 nitrogen and oxygen atoms in total. The Labute approximate surface area is 284 Å². The van der Waals surface area contributed by atoms with Crippen LogP contribution in [-0.4, -0.2) is 33.4 Å². The van der Waals surface area contributed by atoms with Crippen molar-refractivity contribution in [1.82, 2.24) is 19.4 Å². The third-order valence-electron chi connectivity index (χ3n) is 8.78. The Hall–Kier alpha value is -4.58. The van der Waals surface area contributed by atoms with E-state index < -0.39 is 0 Å². The molecule has 0 radical (unpaired) electrons. The number of hydrogen-bond acceptors (Lipinski definition) is 6. The molecule has 2 aliphatic heterocycles. The van der Waals surface area contributed by atoms with Gasteiger partial charge in [0.1, 0.15) is 5.65 Å². The molecule has 0 amide bonds. The molecule has 2 aromatic heterocycles. The second kappa shape index (κ2) is 11.7. The van der Waals surface area contributed by atoms with Crippen molar-refractivity contribution in [2.75, 3.05) is 23.9 Å². The third-order valence-corrected chi connectivity index (χ3v) is 8.78. The van der Waals surface area contributed by atoms with Crippen LogP contribution in [0.4, 0.5) is 17.1 Å². The van der Waals surface area contributed by atoms with E-state index in [1.165, 1.54) is 5.56 Å². The molecule has 0 saturated heterocycles. The number of aromatic nitrogens is 2. The van der Waals surface area contributed by atoms with Gasteiger partial charge in [0.2, 0.25) is 0 Å². The molecule has 0 unspecified atom stereocenters. The van der Waals surface area contributed by atoms with Crippen LogP contribution in [0.25, 0.3) is 27.6 Å². The van der Waals surface area contributed by atoms with Gasteiger partial charge in [-0.05, 0) is 70.2 Å². The summed E-state index contributed by atoms with van der Waals surface area (Å²) in [6.45, 7) is 8.61. The minimum atomic E-state index is -0.135. The van der Waals surface area contributed by atoms with E-state index in [9.17, 15) is 0 Å². The third kappa shape index (κ3) is 5.04. The van der Waals surface area contributed by atoms with Crippen LogP contribution in [-0.2, 0) is 26.6 Å². The SMILES string of the molecule is CN1C=CN(c2[c-]c(Oc3[c-]c(N4[CH-]N(C)C(C)(C)c5ccccc54)ccc3)cc(-n3c4ccccc4c4cccnc43)c2)[CH-]1.[Pt+4]. The van der Waals surface area contributed by atoms with E-state index in [4.69, 9.17) is 9.72 Å². The van der Waals surface area contributed by atoms with Gasteiger partial charge in [0.05, 0.1) is 5.52 Å². The maximum absolute atomic E-state index is 6.58. The Kier molecular flexibility index (Phi) is 7.62. The molecular formula is C38H32N6OPt. The summed E-state index contributed by atoms with van der Waals surface area (Å²) >= 11 is 0. The maximum atomic E-state index is 6.58. The smallest absolute Gasteiger partial charge is 0.510 e. The van der Waals surface area contributed by atoms with E-state index in [1.54, 1.807) is 0 Å². The number of benzene rings is 4. The Morgan fingerprint density at radius 3 is 2.39 bits per heavy atom. The standard InChI is InChI=1S/C38H32N6O.Pt/c1-38(2)34-15-6-8-17-36(34)43(26-41(38)4)27-11-9-12-30(22-27)45-31-23-28(42-20-19-40(3)25-42)21-29(24-31)44-35-16-7-5-13-32(35)33-14-10-18-39-37(33)44;/h5-21,24-26H,1-4H3;/q-4;+4. The summed E-state index contributed by atoms with van der Waals surface area (Å²) in [5, 5.41) is 2.25. The predicted octanol–water partition coefficient (Wildman–Crippen LogP) is 8.35. The molecular weight excluding hydrogens is 752 g/mol. The summed E-state index contributed by atoms with van der Waals surface area (Å²) in [5.41, 5.74) is 6.88. The van der Waals surface area contributed by atoms with Crippen LogP contribution in [0.15, 0.2) is 110 Å². The van der Waals surface area contributed by atoms with E-state index in [2.05, 4.69) is 121 Å². The molecule has 46 heavy (non-hydrogen) atoms. The monoisotopic (exact) mass is 783 g/mol. The fourth-order valence-electron chi connectivity index (χ4n) is 6.21. The molecule has 2 aliphatic rings. The summed E-state index contributed by atoms with van der Waals surface area (Å²) < 4.78 is 8.77. The minimum absolute atomic E-state index is 0. The first-order valence-electron chi connectivity index (χ1n) is 15.0. The van der Waals surface area contributed by atoms with Crippen molar-refractivity contribution in [3.05, 3.63) is 141 Å². The number of ether oxygens (including phenoxy) is 1. The molecule has 230 valence electrons. The molecule has 8 rings (SSSR count). The number of nitrogens with zero attached hydrogens (tertiary/aromatic N) is 6. The van der Waals surface area contributed by atoms with Crippen LogP contribution in [0.1, 0.15) is 19.4 Å². The molecule has 0 fully saturated rings. The molecule has 0 N–H and O–H groups in total. The van der Waals surface area contributed by atoms with E-state index in [0.29, 0.717) is 11.5 Å². The molecule has 8 heteroatoms. The second-order valence-corrected chi connectivity index (χ2v) is 12.0. The van der Waals surface area contributed by atoms with Crippen LogP contribution < -0.4 is 14.5 Å². The van der Waals surface area contributed by atoms with E-state index in [0.717, 1.165) is 44.7 Å².